The predicted octanol–water partition coefficient (Wildman–Crippen LogP) is 22.0. The van der Waals surface area contributed by atoms with Gasteiger partial charge in [-0.15, -0.1) is 0 Å². The quantitative estimate of drug-likeness (QED) is 0.0264. The molecule has 2 unspecified atom stereocenters. The first-order chi connectivity index (χ1) is 37.8. The van der Waals surface area contributed by atoms with Crippen LogP contribution in [0.2, 0.25) is 0 Å². The van der Waals surface area contributed by atoms with Gasteiger partial charge in [0.1, 0.15) is 6.61 Å². The molecule has 0 bridgehead atoms. The van der Waals surface area contributed by atoms with Gasteiger partial charge in [0.25, 0.3) is 0 Å². The first-order valence-electron chi connectivity index (χ1n) is 34.2. The summed E-state index contributed by atoms with van der Waals surface area (Å²) in [6.07, 6.45) is 75.9. The van der Waals surface area contributed by atoms with Crippen molar-refractivity contribution in [3.05, 3.63) is 12.2 Å². The molecule has 0 aromatic carbocycles. The zero-order valence-electron chi connectivity index (χ0n) is 51.5. The maximum absolute atomic E-state index is 12.8. The van der Waals surface area contributed by atoms with Gasteiger partial charge in [0.15, 0.2) is 6.10 Å². The van der Waals surface area contributed by atoms with Crippen molar-refractivity contribution in [1.29, 1.82) is 0 Å². The molecule has 0 radical (unpaired) electrons. The van der Waals surface area contributed by atoms with Gasteiger partial charge in [-0.3, -0.25) is 18.6 Å². The van der Waals surface area contributed by atoms with Crippen molar-refractivity contribution in [3.8, 4) is 0 Å². The highest BCUT2D eigenvalue weighted by molar-refractivity contribution is 7.47. The SMILES string of the molecule is CCCCCCCCCC/C=C\CCCCCCCCCCCCCCCCCCCC(=O)OC(COC(=O)CCCCCCCCCCCCCCCCCCCCCCCCCCCCC)COP(=O)(O)OCCN. The molecule has 10 heteroatoms. The van der Waals surface area contributed by atoms with Crippen LogP contribution in [-0.2, 0) is 32.7 Å². The lowest BCUT2D eigenvalue weighted by atomic mass is 10.0. The third-order valence-corrected chi connectivity index (χ3v) is 16.6. The molecule has 0 rings (SSSR count). The molecule has 0 aliphatic rings. The summed E-state index contributed by atoms with van der Waals surface area (Å²) in [5.41, 5.74) is 5.40. The summed E-state index contributed by atoms with van der Waals surface area (Å²) in [5, 5.41) is 0. The third kappa shape index (κ3) is 63.8. The van der Waals surface area contributed by atoms with Gasteiger partial charge in [0.2, 0.25) is 0 Å². The normalized spacial score (nSPS) is 12.9. The van der Waals surface area contributed by atoms with Crippen LogP contribution in [0.25, 0.3) is 0 Å². The summed E-state index contributed by atoms with van der Waals surface area (Å²) in [7, 11) is -4.39. The van der Waals surface area contributed by atoms with Crippen molar-refractivity contribution in [3.63, 3.8) is 0 Å². The standard InChI is InChI=1S/C67H132NO8P/c1-3-5-7-9-11-13-15-17-19-21-23-25-27-29-31-32-34-36-38-40-42-44-46-48-50-52-54-56-58-60-67(70)76-65(64-75-77(71,72)74-62-61-68)63-73-66(69)59-57-55-53-51-49-47-45-43-41-39-37-35-33-30-28-26-24-22-20-18-16-14-12-10-8-6-4-2/h21,23,65H,3-20,22,24-64,68H2,1-2H3,(H,71,72)/b23-21-. The topological polar surface area (TPSA) is 134 Å². The van der Waals surface area contributed by atoms with E-state index in [-0.39, 0.29) is 38.6 Å². The van der Waals surface area contributed by atoms with Gasteiger partial charge in [-0.2, -0.15) is 0 Å². The molecule has 3 N–H and O–H groups in total. The van der Waals surface area contributed by atoms with Crippen molar-refractivity contribution in [1.82, 2.24) is 0 Å². The van der Waals surface area contributed by atoms with Gasteiger partial charge >= 0.3 is 19.8 Å². The molecular formula is C67H132NO8P. The van der Waals surface area contributed by atoms with Gasteiger partial charge in [-0.25, -0.2) is 4.57 Å². The van der Waals surface area contributed by atoms with Crippen LogP contribution >= 0.6 is 7.82 Å². The molecule has 0 aliphatic carbocycles. The number of rotatable bonds is 66. The van der Waals surface area contributed by atoms with Crippen LogP contribution in [0.4, 0.5) is 0 Å². The molecule has 0 spiro atoms. The highest BCUT2D eigenvalue weighted by Gasteiger charge is 2.26. The molecule has 458 valence electrons. The molecule has 0 fully saturated rings. The van der Waals surface area contributed by atoms with E-state index in [0.717, 1.165) is 32.1 Å². The Balaban J connectivity index is 3.83. The number of nitrogens with two attached hydrogens (primary N) is 1. The van der Waals surface area contributed by atoms with Crippen molar-refractivity contribution in [2.45, 2.75) is 380 Å². The number of ether oxygens (including phenoxy) is 2. The van der Waals surface area contributed by atoms with E-state index in [1.54, 1.807) is 0 Å². The molecule has 77 heavy (non-hydrogen) atoms. The Morgan fingerprint density at radius 3 is 0.922 bits per heavy atom. The summed E-state index contributed by atoms with van der Waals surface area (Å²) in [4.78, 5) is 35.3. The van der Waals surface area contributed by atoms with E-state index >= 15 is 0 Å². The summed E-state index contributed by atoms with van der Waals surface area (Å²) in [6.45, 7) is 3.83. The summed E-state index contributed by atoms with van der Waals surface area (Å²) >= 11 is 0. The third-order valence-electron chi connectivity index (χ3n) is 15.7. The number of allylic oxidation sites excluding steroid dienone is 2. The Hall–Kier alpha value is -1.25. The number of unbranched alkanes of at least 4 members (excludes halogenated alkanes) is 51. The fraction of sp³-hybridized carbons (Fsp3) is 0.940. The fourth-order valence-corrected chi connectivity index (χ4v) is 11.3. The van der Waals surface area contributed by atoms with Crippen LogP contribution in [0.5, 0.6) is 0 Å². The monoisotopic (exact) mass is 1110 g/mol. The lowest BCUT2D eigenvalue weighted by Crippen LogP contribution is -2.29. The number of carbonyl (C=O) groups is 2. The van der Waals surface area contributed by atoms with Crippen molar-refractivity contribution >= 4 is 19.8 Å². The number of hydrogen-bond acceptors (Lipinski definition) is 8. The number of carbonyl (C=O) groups excluding carboxylic acids is 2. The minimum absolute atomic E-state index is 0.0577. The summed E-state index contributed by atoms with van der Waals surface area (Å²) < 4.78 is 33.2. The number of hydrogen-bond donors (Lipinski definition) is 2. The zero-order valence-corrected chi connectivity index (χ0v) is 52.4. The smallest absolute Gasteiger partial charge is 0.462 e. The minimum Gasteiger partial charge on any atom is -0.462 e. The minimum atomic E-state index is -4.39. The van der Waals surface area contributed by atoms with Gasteiger partial charge in [0, 0.05) is 19.4 Å². The fourth-order valence-electron chi connectivity index (χ4n) is 10.6. The first-order valence-corrected chi connectivity index (χ1v) is 35.7. The molecule has 0 aromatic heterocycles. The molecule has 0 heterocycles. The Kier molecular flexibility index (Phi) is 62.9. The van der Waals surface area contributed by atoms with E-state index in [1.807, 2.05) is 0 Å². The molecule has 0 aliphatic heterocycles. The zero-order chi connectivity index (χ0) is 55.9. The maximum Gasteiger partial charge on any atom is 0.472 e. The Bertz CT molecular complexity index is 1270. The van der Waals surface area contributed by atoms with Crippen LogP contribution in [0.15, 0.2) is 12.2 Å². The van der Waals surface area contributed by atoms with Crippen molar-refractivity contribution < 1.29 is 37.6 Å². The average Bonchev–Trinajstić information content (AvgIpc) is 3.42. The van der Waals surface area contributed by atoms with E-state index in [1.165, 1.54) is 308 Å². The van der Waals surface area contributed by atoms with E-state index in [2.05, 4.69) is 26.0 Å². The van der Waals surface area contributed by atoms with Crippen molar-refractivity contribution in [2.24, 2.45) is 5.73 Å². The van der Waals surface area contributed by atoms with Crippen LogP contribution in [0.3, 0.4) is 0 Å². The second-order valence-electron chi connectivity index (χ2n) is 23.4. The molecular weight excluding hydrogens is 978 g/mol. The Morgan fingerprint density at radius 2 is 0.636 bits per heavy atom. The molecule has 9 nitrogen and oxygen atoms in total. The van der Waals surface area contributed by atoms with Crippen molar-refractivity contribution in [2.75, 3.05) is 26.4 Å². The maximum atomic E-state index is 12.8. The largest absolute Gasteiger partial charge is 0.472 e. The second kappa shape index (κ2) is 63.9. The lowest BCUT2D eigenvalue weighted by Gasteiger charge is -2.19. The second-order valence-corrected chi connectivity index (χ2v) is 24.9. The van der Waals surface area contributed by atoms with E-state index in [0.29, 0.717) is 6.42 Å². The van der Waals surface area contributed by atoms with Crippen LogP contribution in [0, 0.1) is 0 Å². The van der Waals surface area contributed by atoms with Crippen LogP contribution in [0.1, 0.15) is 373 Å². The first kappa shape index (κ1) is 75.8. The Morgan fingerprint density at radius 1 is 0.377 bits per heavy atom. The van der Waals surface area contributed by atoms with Crippen LogP contribution in [-0.4, -0.2) is 49.3 Å². The van der Waals surface area contributed by atoms with Crippen LogP contribution < -0.4 is 5.73 Å². The van der Waals surface area contributed by atoms with E-state index in [9.17, 15) is 19.0 Å². The number of phosphoric acid groups is 1. The van der Waals surface area contributed by atoms with Gasteiger partial charge in [-0.1, -0.05) is 334 Å². The Labute approximate surface area is 479 Å². The van der Waals surface area contributed by atoms with Gasteiger partial charge in [-0.05, 0) is 38.5 Å². The molecule has 0 amide bonds. The average molecular weight is 1110 g/mol. The molecule has 0 saturated heterocycles. The molecule has 2 atom stereocenters. The number of esters is 2. The number of phosphoric ester groups is 1. The highest BCUT2D eigenvalue weighted by atomic mass is 31.2. The summed E-state index contributed by atoms with van der Waals surface area (Å²) in [5.74, 6) is -0.801. The summed E-state index contributed by atoms with van der Waals surface area (Å²) in [6, 6.07) is 0. The highest BCUT2D eigenvalue weighted by Crippen LogP contribution is 2.43. The molecule has 0 aromatic rings. The van der Waals surface area contributed by atoms with E-state index in [4.69, 9.17) is 24.3 Å². The van der Waals surface area contributed by atoms with Gasteiger partial charge in [0.05, 0.1) is 13.2 Å². The lowest BCUT2D eigenvalue weighted by molar-refractivity contribution is -0.161. The predicted molar refractivity (Wildman–Crippen MR) is 331 cm³/mol. The van der Waals surface area contributed by atoms with Gasteiger partial charge < -0.3 is 20.1 Å². The van der Waals surface area contributed by atoms with E-state index < -0.39 is 26.5 Å². The molecule has 0 saturated carbocycles.